The molecule has 0 bridgehead atoms. The predicted octanol–water partition coefficient (Wildman–Crippen LogP) is 3.63. The van der Waals surface area contributed by atoms with Crippen molar-refractivity contribution in [2.24, 2.45) is 17.7 Å². The Morgan fingerprint density at radius 2 is 1.83 bits per heavy atom. The van der Waals surface area contributed by atoms with Crippen LogP contribution in [-0.2, 0) is 0 Å². The Kier molecular flexibility index (Phi) is 4.41. The van der Waals surface area contributed by atoms with Crippen molar-refractivity contribution in [3.05, 3.63) is 34.9 Å². The number of benzene rings is 1. The van der Waals surface area contributed by atoms with E-state index < -0.39 is 0 Å². The van der Waals surface area contributed by atoms with Crippen LogP contribution in [0, 0.1) is 25.7 Å². The molecule has 0 aliphatic heterocycles. The van der Waals surface area contributed by atoms with Crippen LogP contribution >= 0.6 is 0 Å². The summed E-state index contributed by atoms with van der Waals surface area (Å²) < 4.78 is 0. The third-order valence-electron chi connectivity index (χ3n) is 4.48. The zero-order valence-electron chi connectivity index (χ0n) is 11.9. The van der Waals surface area contributed by atoms with Gasteiger partial charge in [0.25, 0.3) is 0 Å². The van der Waals surface area contributed by atoms with Gasteiger partial charge in [0.15, 0.2) is 0 Å². The number of aryl methyl sites for hydroxylation is 2. The Labute approximate surface area is 111 Å². The van der Waals surface area contributed by atoms with Gasteiger partial charge in [0.2, 0.25) is 0 Å². The standard InChI is InChI=1S/C16H26N2/c1-11-5-8-14(9-6-11)16(18-17)15-10-12(2)4-7-13(15)3/h4,7,10-11,14,16,18H,5-6,8-9,17H2,1-3H3. The van der Waals surface area contributed by atoms with Crippen LogP contribution in [0.4, 0.5) is 0 Å². The van der Waals surface area contributed by atoms with Crippen LogP contribution in [0.2, 0.25) is 0 Å². The van der Waals surface area contributed by atoms with Crippen LogP contribution in [0.1, 0.15) is 55.3 Å². The molecule has 1 aliphatic rings. The number of rotatable bonds is 3. The van der Waals surface area contributed by atoms with Gasteiger partial charge in [-0.1, -0.05) is 43.5 Å². The van der Waals surface area contributed by atoms with E-state index in [1.807, 2.05) is 0 Å². The number of nitrogens with one attached hydrogen (secondary N) is 1. The van der Waals surface area contributed by atoms with Crippen molar-refractivity contribution in [3.8, 4) is 0 Å². The van der Waals surface area contributed by atoms with E-state index in [9.17, 15) is 0 Å². The Morgan fingerprint density at radius 3 is 2.44 bits per heavy atom. The minimum atomic E-state index is 0.317. The first-order valence-corrected chi connectivity index (χ1v) is 7.15. The third kappa shape index (κ3) is 2.93. The summed E-state index contributed by atoms with van der Waals surface area (Å²) in [6, 6.07) is 6.99. The van der Waals surface area contributed by atoms with Crippen molar-refractivity contribution < 1.29 is 0 Å². The van der Waals surface area contributed by atoms with E-state index in [-0.39, 0.29) is 0 Å². The van der Waals surface area contributed by atoms with Crippen molar-refractivity contribution in [2.75, 3.05) is 0 Å². The van der Waals surface area contributed by atoms with Gasteiger partial charge in [-0.3, -0.25) is 11.3 Å². The lowest BCUT2D eigenvalue weighted by Crippen LogP contribution is -2.35. The zero-order chi connectivity index (χ0) is 13.1. The van der Waals surface area contributed by atoms with Crippen LogP contribution in [0.5, 0.6) is 0 Å². The van der Waals surface area contributed by atoms with Gasteiger partial charge in [0, 0.05) is 6.04 Å². The van der Waals surface area contributed by atoms with Crippen molar-refractivity contribution in [1.29, 1.82) is 0 Å². The highest BCUT2D eigenvalue weighted by Gasteiger charge is 2.27. The van der Waals surface area contributed by atoms with E-state index in [4.69, 9.17) is 5.84 Å². The summed E-state index contributed by atoms with van der Waals surface area (Å²) in [6.45, 7) is 6.70. The topological polar surface area (TPSA) is 38.0 Å². The summed E-state index contributed by atoms with van der Waals surface area (Å²) in [7, 11) is 0. The maximum atomic E-state index is 5.84. The van der Waals surface area contributed by atoms with Crippen LogP contribution in [0.3, 0.4) is 0 Å². The quantitative estimate of drug-likeness (QED) is 0.631. The van der Waals surface area contributed by atoms with Crippen molar-refractivity contribution in [1.82, 2.24) is 5.43 Å². The molecule has 0 spiro atoms. The Hall–Kier alpha value is -0.860. The maximum absolute atomic E-state index is 5.84. The molecule has 2 heteroatoms. The Morgan fingerprint density at radius 1 is 1.17 bits per heavy atom. The lowest BCUT2D eigenvalue weighted by molar-refractivity contribution is 0.232. The molecule has 1 aromatic rings. The summed E-state index contributed by atoms with van der Waals surface area (Å²) in [6.07, 6.45) is 5.27. The van der Waals surface area contributed by atoms with Crippen LogP contribution in [-0.4, -0.2) is 0 Å². The summed E-state index contributed by atoms with van der Waals surface area (Å²) in [4.78, 5) is 0. The van der Waals surface area contributed by atoms with Crippen molar-refractivity contribution in [3.63, 3.8) is 0 Å². The molecule has 1 fully saturated rings. The number of hydrazine groups is 1. The van der Waals surface area contributed by atoms with Crippen molar-refractivity contribution in [2.45, 2.75) is 52.5 Å². The average molecular weight is 246 g/mol. The summed E-state index contributed by atoms with van der Waals surface area (Å²) >= 11 is 0. The van der Waals surface area contributed by atoms with E-state index in [2.05, 4.69) is 44.4 Å². The van der Waals surface area contributed by atoms with E-state index in [1.54, 1.807) is 0 Å². The molecule has 3 N–H and O–H groups in total. The third-order valence-corrected chi connectivity index (χ3v) is 4.48. The molecule has 0 amide bonds. The first kappa shape index (κ1) is 13.6. The smallest absolute Gasteiger partial charge is 0.0490 e. The normalized spacial score (nSPS) is 26.0. The van der Waals surface area contributed by atoms with E-state index in [1.165, 1.54) is 42.4 Å². The average Bonchev–Trinajstić information content (AvgIpc) is 2.37. The molecule has 1 atom stereocenters. The Balaban J connectivity index is 2.19. The number of nitrogens with two attached hydrogens (primary N) is 1. The molecule has 0 aromatic heterocycles. The zero-order valence-corrected chi connectivity index (χ0v) is 11.9. The molecule has 2 rings (SSSR count). The molecule has 1 aliphatic carbocycles. The van der Waals surface area contributed by atoms with Gasteiger partial charge in [0.1, 0.15) is 0 Å². The molecule has 2 nitrogen and oxygen atoms in total. The fourth-order valence-electron chi connectivity index (χ4n) is 3.19. The minimum absolute atomic E-state index is 0.317. The second-order valence-corrected chi connectivity index (χ2v) is 6.02. The molecular weight excluding hydrogens is 220 g/mol. The van der Waals surface area contributed by atoms with Gasteiger partial charge in [-0.25, -0.2) is 0 Å². The van der Waals surface area contributed by atoms with E-state index >= 15 is 0 Å². The molecule has 0 saturated heterocycles. The highest BCUT2D eigenvalue weighted by atomic mass is 15.2. The number of hydrogen-bond donors (Lipinski definition) is 2. The van der Waals surface area contributed by atoms with Gasteiger partial charge in [-0.2, -0.15) is 0 Å². The van der Waals surface area contributed by atoms with E-state index in [0.29, 0.717) is 12.0 Å². The predicted molar refractivity (Wildman–Crippen MR) is 77.1 cm³/mol. The molecule has 100 valence electrons. The number of hydrogen-bond acceptors (Lipinski definition) is 2. The Bertz CT molecular complexity index is 392. The first-order chi connectivity index (χ1) is 8.61. The second-order valence-electron chi connectivity index (χ2n) is 6.02. The fourth-order valence-corrected chi connectivity index (χ4v) is 3.19. The molecule has 1 unspecified atom stereocenters. The summed E-state index contributed by atoms with van der Waals surface area (Å²) in [5, 5.41) is 0. The lowest BCUT2D eigenvalue weighted by atomic mass is 9.76. The van der Waals surface area contributed by atoms with Gasteiger partial charge >= 0.3 is 0 Å². The second kappa shape index (κ2) is 5.85. The molecule has 0 heterocycles. The fraction of sp³-hybridized carbons (Fsp3) is 0.625. The molecule has 1 aromatic carbocycles. The molecule has 1 saturated carbocycles. The summed E-state index contributed by atoms with van der Waals surface area (Å²) in [5.74, 6) is 7.41. The van der Waals surface area contributed by atoms with Gasteiger partial charge in [-0.15, -0.1) is 0 Å². The van der Waals surface area contributed by atoms with Crippen LogP contribution in [0.15, 0.2) is 18.2 Å². The van der Waals surface area contributed by atoms with Gasteiger partial charge in [0.05, 0.1) is 0 Å². The minimum Gasteiger partial charge on any atom is -0.271 e. The maximum Gasteiger partial charge on any atom is 0.0490 e. The highest BCUT2D eigenvalue weighted by molar-refractivity contribution is 5.33. The van der Waals surface area contributed by atoms with Crippen LogP contribution in [0.25, 0.3) is 0 Å². The highest BCUT2D eigenvalue weighted by Crippen LogP contribution is 2.37. The van der Waals surface area contributed by atoms with Crippen molar-refractivity contribution >= 4 is 0 Å². The first-order valence-electron chi connectivity index (χ1n) is 7.15. The van der Waals surface area contributed by atoms with Gasteiger partial charge in [-0.05, 0) is 49.7 Å². The lowest BCUT2D eigenvalue weighted by Gasteiger charge is -2.33. The largest absolute Gasteiger partial charge is 0.271 e. The SMILES string of the molecule is Cc1ccc(C)c(C(NN)C2CCC(C)CC2)c1. The van der Waals surface area contributed by atoms with Crippen LogP contribution < -0.4 is 11.3 Å². The van der Waals surface area contributed by atoms with E-state index in [0.717, 1.165) is 5.92 Å². The molecule has 18 heavy (non-hydrogen) atoms. The molecular formula is C16H26N2. The van der Waals surface area contributed by atoms with Gasteiger partial charge < -0.3 is 0 Å². The monoisotopic (exact) mass is 246 g/mol. The molecule has 0 radical (unpaired) electrons. The summed E-state index contributed by atoms with van der Waals surface area (Å²) in [5.41, 5.74) is 7.13.